The van der Waals surface area contributed by atoms with Gasteiger partial charge in [0.1, 0.15) is 5.01 Å². The Morgan fingerprint density at radius 3 is 2.47 bits per heavy atom. The number of aromatic nitrogens is 1. The molecule has 1 aromatic heterocycles. The van der Waals surface area contributed by atoms with E-state index in [9.17, 15) is 0 Å². The molecule has 0 atom stereocenters. The fourth-order valence-corrected chi connectivity index (χ4v) is 3.27. The standard InChI is InChI=1S/C11H19N3S/c1-8-9(2)15-10(14-8)11(12-3)4-6-13-7-5-11/h12-13H,4-7H2,1-3H3. The lowest BCUT2D eigenvalue weighted by Gasteiger charge is -2.35. The maximum absolute atomic E-state index is 4.71. The Morgan fingerprint density at radius 1 is 1.33 bits per heavy atom. The lowest BCUT2D eigenvalue weighted by molar-refractivity contribution is 0.262. The van der Waals surface area contributed by atoms with E-state index in [-0.39, 0.29) is 5.54 Å². The second-order valence-corrected chi connectivity index (χ2v) is 5.45. The maximum atomic E-state index is 4.71. The topological polar surface area (TPSA) is 37.0 Å². The first kappa shape index (κ1) is 11.0. The highest BCUT2D eigenvalue weighted by molar-refractivity contribution is 7.11. The minimum atomic E-state index is 0.120. The molecule has 0 amide bonds. The number of aryl methyl sites for hydroxylation is 2. The summed E-state index contributed by atoms with van der Waals surface area (Å²) in [6.07, 6.45) is 2.27. The van der Waals surface area contributed by atoms with Crippen LogP contribution in [0.2, 0.25) is 0 Å². The summed E-state index contributed by atoms with van der Waals surface area (Å²) in [6.45, 7) is 6.41. The Balaban J connectivity index is 2.32. The summed E-state index contributed by atoms with van der Waals surface area (Å²) in [7, 11) is 2.05. The number of hydrogen-bond donors (Lipinski definition) is 2. The van der Waals surface area contributed by atoms with Crippen LogP contribution in [0, 0.1) is 13.8 Å². The van der Waals surface area contributed by atoms with Crippen LogP contribution < -0.4 is 10.6 Å². The minimum absolute atomic E-state index is 0.120. The Bertz CT molecular complexity index is 320. The summed E-state index contributed by atoms with van der Waals surface area (Å²) in [4.78, 5) is 6.05. The van der Waals surface area contributed by atoms with Gasteiger partial charge in [-0.3, -0.25) is 0 Å². The highest BCUT2D eigenvalue weighted by Gasteiger charge is 2.35. The molecule has 0 aromatic carbocycles. The largest absolute Gasteiger partial charge is 0.317 e. The van der Waals surface area contributed by atoms with Crippen molar-refractivity contribution in [2.45, 2.75) is 32.2 Å². The van der Waals surface area contributed by atoms with Crippen molar-refractivity contribution in [1.82, 2.24) is 15.6 Å². The van der Waals surface area contributed by atoms with Gasteiger partial charge in [-0.15, -0.1) is 11.3 Å². The van der Waals surface area contributed by atoms with Crippen molar-refractivity contribution in [3.63, 3.8) is 0 Å². The van der Waals surface area contributed by atoms with Crippen molar-refractivity contribution >= 4 is 11.3 Å². The molecule has 84 valence electrons. The Labute approximate surface area is 95.3 Å². The van der Waals surface area contributed by atoms with Gasteiger partial charge in [-0.2, -0.15) is 0 Å². The number of rotatable bonds is 2. The average molecular weight is 225 g/mol. The molecular weight excluding hydrogens is 206 g/mol. The van der Waals surface area contributed by atoms with Gasteiger partial charge in [0.2, 0.25) is 0 Å². The van der Waals surface area contributed by atoms with E-state index in [1.807, 2.05) is 11.3 Å². The van der Waals surface area contributed by atoms with Crippen molar-refractivity contribution in [3.8, 4) is 0 Å². The second-order valence-electron chi connectivity index (χ2n) is 4.24. The zero-order valence-corrected chi connectivity index (χ0v) is 10.5. The summed E-state index contributed by atoms with van der Waals surface area (Å²) in [6, 6.07) is 0. The molecule has 3 nitrogen and oxygen atoms in total. The third kappa shape index (κ3) is 1.94. The van der Waals surface area contributed by atoms with Crippen LogP contribution >= 0.6 is 11.3 Å². The number of nitrogens with zero attached hydrogens (tertiary/aromatic N) is 1. The quantitative estimate of drug-likeness (QED) is 0.802. The lowest BCUT2D eigenvalue weighted by Crippen LogP contribution is -2.48. The third-order valence-corrected chi connectivity index (χ3v) is 4.65. The molecule has 0 bridgehead atoms. The Morgan fingerprint density at radius 2 is 2.00 bits per heavy atom. The van der Waals surface area contributed by atoms with E-state index in [0.29, 0.717) is 0 Å². The lowest BCUT2D eigenvalue weighted by atomic mass is 9.89. The highest BCUT2D eigenvalue weighted by atomic mass is 32.1. The van der Waals surface area contributed by atoms with Gasteiger partial charge in [0.15, 0.2) is 0 Å². The predicted molar refractivity (Wildman–Crippen MR) is 64.4 cm³/mol. The summed E-state index contributed by atoms with van der Waals surface area (Å²) in [5.41, 5.74) is 1.30. The fraction of sp³-hybridized carbons (Fsp3) is 0.727. The van der Waals surface area contributed by atoms with Crippen LogP contribution in [0.3, 0.4) is 0 Å². The summed E-state index contributed by atoms with van der Waals surface area (Å²) >= 11 is 1.84. The van der Waals surface area contributed by atoms with E-state index in [2.05, 4.69) is 31.5 Å². The molecule has 0 radical (unpaired) electrons. The molecule has 0 saturated carbocycles. The van der Waals surface area contributed by atoms with Crippen LogP contribution in [-0.2, 0) is 5.54 Å². The van der Waals surface area contributed by atoms with Crippen LogP contribution in [-0.4, -0.2) is 25.1 Å². The predicted octanol–water partition coefficient (Wildman–Crippen LogP) is 1.56. The molecular formula is C11H19N3S. The van der Waals surface area contributed by atoms with Gasteiger partial charge in [-0.25, -0.2) is 4.98 Å². The third-order valence-electron chi connectivity index (χ3n) is 3.37. The van der Waals surface area contributed by atoms with Gasteiger partial charge < -0.3 is 10.6 Å². The van der Waals surface area contributed by atoms with Gasteiger partial charge in [0.05, 0.1) is 11.2 Å². The highest BCUT2D eigenvalue weighted by Crippen LogP contribution is 2.34. The van der Waals surface area contributed by atoms with Crippen LogP contribution in [0.25, 0.3) is 0 Å². The number of piperidine rings is 1. The van der Waals surface area contributed by atoms with Crippen molar-refractivity contribution in [1.29, 1.82) is 0 Å². The van der Waals surface area contributed by atoms with Gasteiger partial charge in [-0.05, 0) is 46.8 Å². The van der Waals surface area contributed by atoms with E-state index in [1.54, 1.807) is 0 Å². The minimum Gasteiger partial charge on any atom is -0.317 e. The molecule has 2 rings (SSSR count). The van der Waals surface area contributed by atoms with Crippen molar-refractivity contribution in [3.05, 3.63) is 15.6 Å². The zero-order valence-electron chi connectivity index (χ0n) is 9.68. The summed E-state index contributed by atoms with van der Waals surface area (Å²) in [5, 5.41) is 8.15. The molecule has 1 saturated heterocycles. The molecule has 1 aromatic rings. The second kappa shape index (κ2) is 4.20. The van der Waals surface area contributed by atoms with E-state index < -0.39 is 0 Å². The molecule has 4 heteroatoms. The van der Waals surface area contributed by atoms with Crippen LogP contribution in [0.1, 0.15) is 28.4 Å². The van der Waals surface area contributed by atoms with Gasteiger partial charge in [0.25, 0.3) is 0 Å². The van der Waals surface area contributed by atoms with Crippen LogP contribution in [0.4, 0.5) is 0 Å². The van der Waals surface area contributed by atoms with Crippen molar-refractivity contribution < 1.29 is 0 Å². The molecule has 1 aliphatic rings. The van der Waals surface area contributed by atoms with Gasteiger partial charge in [-0.1, -0.05) is 0 Å². The molecule has 0 unspecified atom stereocenters. The molecule has 2 N–H and O–H groups in total. The fourth-order valence-electron chi connectivity index (χ4n) is 2.10. The summed E-state index contributed by atoms with van der Waals surface area (Å²) < 4.78 is 0. The normalized spacial score (nSPS) is 20.5. The first-order valence-electron chi connectivity index (χ1n) is 5.52. The van der Waals surface area contributed by atoms with E-state index in [0.717, 1.165) is 25.9 Å². The Hall–Kier alpha value is -0.450. The monoisotopic (exact) mass is 225 g/mol. The average Bonchev–Trinajstić information content (AvgIpc) is 2.61. The smallest absolute Gasteiger partial charge is 0.113 e. The molecule has 15 heavy (non-hydrogen) atoms. The number of thiazole rings is 1. The van der Waals surface area contributed by atoms with Crippen LogP contribution in [0.5, 0.6) is 0 Å². The SMILES string of the molecule is CNC1(c2nc(C)c(C)s2)CCNCC1. The maximum Gasteiger partial charge on any atom is 0.113 e. The zero-order chi connectivity index (χ0) is 10.9. The summed E-state index contributed by atoms with van der Waals surface area (Å²) in [5.74, 6) is 0. The van der Waals surface area contributed by atoms with Crippen LogP contribution in [0.15, 0.2) is 0 Å². The molecule has 1 fully saturated rings. The molecule has 2 heterocycles. The van der Waals surface area contributed by atoms with E-state index >= 15 is 0 Å². The molecule has 0 spiro atoms. The van der Waals surface area contributed by atoms with Gasteiger partial charge in [0, 0.05) is 4.88 Å². The van der Waals surface area contributed by atoms with E-state index in [4.69, 9.17) is 4.98 Å². The number of nitrogens with one attached hydrogen (secondary N) is 2. The van der Waals surface area contributed by atoms with Crippen molar-refractivity contribution in [2.75, 3.05) is 20.1 Å². The number of hydrogen-bond acceptors (Lipinski definition) is 4. The molecule has 0 aliphatic carbocycles. The first-order valence-corrected chi connectivity index (χ1v) is 6.34. The van der Waals surface area contributed by atoms with E-state index in [1.165, 1.54) is 15.6 Å². The Kier molecular flexibility index (Phi) is 3.09. The first-order chi connectivity index (χ1) is 7.18. The molecule has 1 aliphatic heterocycles. The van der Waals surface area contributed by atoms with Crippen molar-refractivity contribution in [2.24, 2.45) is 0 Å². The van der Waals surface area contributed by atoms with Gasteiger partial charge >= 0.3 is 0 Å².